The summed E-state index contributed by atoms with van der Waals surface area (Å²) in [6.07, 6.45) is 4.28. The zero-order chi connectivity index (χ0) is 9.10. The van der Waals surface area contributed by atoms with Gasteiger partial charge in [0.05, 0.1) is 13.2 Å². The highest BCUT2D eigenvalue weighted by Crippen LogP contribution is 2.32. The van der Waals surface area contributed by atoms with Crippen LogP contribution in [0.3, 0.4) is 0 Å². The first-order valence-electron chi connectivity index (χ1n) is 5.42. The van der Waals surface area contributed by atoms with Crippen molar-refractivity contribution in [1.82, 2.24) is 4.90 Å². The first-order chi connectivity index (χ1) is 6.40. The lowest BCUT2D eigenvalue weighted by molar-refractivity contribution is -0.00481. The number of nitrogens with two attached hydrogens (primary N) is 1. The minimum absolute atomic E-state index is 0.479. The van der Waals surface area contributed by atoms with E-state index in [0.717, 1.165) is 32.2 Å². The normalized spacial score (nSPS) is 30.7. The summed E-state index contributed by atoms with van der Waals surface area (Å²) in [7, 11) is 0. The summed E-state index contributed by atoms with van der Waals surface area (Å²) in [4.78, 5) is 2.50. The van der Waals surface area contributed by atoms with Crippen molar-refractivity contribution < 1.29 is 4.74 Å². The van der Waals surface area contributed by atoms with Crippen LogP contribution in [0.4, 0.5) is 0 Å². The van der Waals surface area contributed by atoms with Crippen LogP contribution in [0.5, 0.6) is 0 Å². The van der Waals surface area contributed by atoms with E-state index in [4.69, 9.17) is 10.5 Å². The molecule has 0 radical (unpaired) electrons. The predicted molar refractivity (Wildman–Crippen MR) is 52.6 cm³/mol. The first kappa shape index (κ1) is 9.44. The van der Waals surface area contributed by atoms with Crippen molar-refractivity contribution in [3.05, 3.63) is 0 Å². The second kappa shape index (κ2) is 4.40. The van der Waals surface area contributed by atoms with Crippen LogP contribution < -0.4 is 5.73 Å². The molecule has 0 aromatic heterocycles. The molecule has 2 aliphatic rings. The Morgan fingerprint density at radius 3 is 2.92 bits per heavy atom. The Kier molecular flexibility index (Phi) is 3.19. The monoisotopic (exact) mass is 184 g/mol. The zero-order valence-electron chi connectivity index (χ0n) is 8.24. The maximum Gasteiger partial charge on any atom is 0.0634 e. The molecule has 0 aromatic rings. The molecular weight excluding hydrogens is 164 g/mol. The van der Waals surface area contributed by atoms with Crippen LogP contribution in [-0.4, -0.2) is 43.8 Å². The number of rotatable bonds is 4. The Bertz CT molecular complexity index is 159. The SMILES string of the molecule is NCC1COCCN1CCC1CC1. The van der Waals surface area contributed by atoms with Gasteiger partial charge in [-0.2, -0.15) is 0 Å². The number of ether oxygens (including phenoxy) is 1. The van der Waals surface area contributed by atoms with Gasteiger partial charge in [-0.25, -0.2) is 0 Å². The third kappa shape index (κ3) is 2.66. The fourth-order valence-electron chi connectivity index (χ4n) is 1.96. The lowest BCUT2D eigenvalue weighted by Crippen LogP contribution is -2.49. The summed E-state index contributed by atoms with van der Waals surface area (Å²) in [5.41, 5.74) is 5.69. The van der Waals surface area contributed by atoms with Gasteiger partial charge < -0.3 is 10.5 Å². The highest BCUT2D eigenvalue weighted by atomic mass is 16.5. The van der Waals surface area contributed by atoms with Crippen LogP contribution in [0.25, 0.3) is 0 Å². The summed E-state index contributed by atoms with van der Waals surface area (Å²) in [6, 6.07) is 0.479. The quantitative estimate of drug-likeness (QED) is 0.689. The second-order valence-electron chi connectivity index (χ2n) is 4.23. The van der Waals surface area contributed by atoms with E-state index in [0.29, 0.717) is 6.04 Å². The molecule has 3 nitrogen and oxygen atoms in total. The molecule has 1 heterocycles. The molecule has 13 heavy (non-hydrogen) atoms. The molecule has 2 N–H and O–H groups in total. The van der Waals surface area contributed by atoms with Crippen molar-refractivity contribution in [3.63, 3.8) is 0 Å². The third-order valence-electron chi connectivity index (χ3n) is 3.14. The molecule has 2 rings (SSSR count). The predicted octanol–water partition coefficient (Wildman–Crippen LogP) is 0.446. The lowest BCUT2D eigenvalue weighted by Gasteiger charge is -2.34. The summed E-state index contributed by atoms with van der Waals surface area (Å²) < 4.78 is 5.40. The van der Waals surface area contributed by atoms with Crippen LogP contribution in [0.2, 0.25) is 0 Å². The van der Waals surface area contributed by atoms with Crippen molar-refractivity contribution in [2.75, 3.05) is 32.8 Å². The van der Waals surface area contributed by atoms with E-state index in [1.54, 1.807) is 0 Å². The average Bonchev–Trinajstić information content (AvgIpc) is 2.99. The molecule has 0 bridgehead atoms. The van der Waals surface area contributed by atoms with E-state index < -0.39 is 0 Å². The summed E-state index contributed by atoms with van der Waals surface area (Å²) in [5, 5.41) is 0. The fourth-order valence-corrected chi connectivity index (χ4v) is 1.96. The Morgan fingerprint density at radius 1 is 1.38 bits per heavy atom. The number of nitrogens with zero attached hydrogens (tertiary/aromatic N) is 1. The van der Waals surface area contributed by atoms with Crippen LogP contribution in [0, 0.1) is 5.92 Å². The Labute approximate surface area is 80.2 Å². The minimum atomic E-state index is 0.479. The maximum atomic E-state index is 5.69. The van der Waals surface area contributed by atoms with Gasteiger partial charge in [-0.15, -0.1) is 0 Å². The first-order valence-corrected chi connectivity index (χ1v) is 5.42. The van der Waals surface area contributed by atoms with Gasteiger partial charge in [-0.3, -0.25) is 4.90 Å². The van der Waals surface area contributed by atoms with Gasteiger partial charge in [0.15, 0.2) is 0 Å². The summed E-state index contributed by atoms with van der Waals surface area (Å²) in [6.45, 7) is 4.78. The molecule has 3 heteroatoms. The lowest BCUT2D eigenvalue weighted by atomic mass is 10.2. The smallest absolute Gasteiger partial charge is 0.0634 e. The highest BCUT2D eigenvalue weighted by Gasteiger charge is 2.25. The van der Waals surface area contributed by atoms with Gasteiger partial charge in [0.1, 0.15) is 0 Å². The molecular formula is C10H20N2O. The molecule has 0 aromatic carbocycles. The molecule has 1 saturated carbocycles. The molecule has 0 amide bonds. The molecule has 2 fully saturated rings. The molecule has 1 aliphatic carbocycles. The number of morpholine rings is 1. The van der Waals surface area contributed by atoms with E-state index >= 15 is 0 Å². The van der Waals surface area contributed by atoms with Gasteiger partial charge in [0.25, 0.3) is 0 Å². The van der Waals surface area contributed by atoms with Crippen molar-refractivity contribution in [2.24, 2.45) is 11.7 Å². The van der Waals surface area contributed by atoms with Gasteiger partial charge in [0, 0.05) is 19.1 Å². The summed E-state index contributed by atoms with van der Waals surface area (Å²) >= 11 is 0. The van der Waals surface area contributed by atoms with Crippen LogP contribution in [-0.2, 0) is 4.74 Å². The topological polar surface area (TPSA) is 38.5 Å². The zero-order valence-corrected chi connectivity index (χ0v) is 8.24. The van der Waals surface area contributed by atoms with E-state index in [9.17, 15) is 0 Å². The van der Waals surface area contributed by atoms with Gasteiger partial charge >= 0.3 is 0 Å². The third-order valence-corrected chi connectivity index (χ3v) is 3.14. The van der Waals surface area contributed by atoms with Gasteiger partial charge in [0.2, 0.25) is 0 Å². The molecule has 76 valence electrons. The number of hydrogen-bond acceptors (Lipinski definition) is 3. The van der Waals surface area contributed by atoms with Crippen molar-refractivity contribution in [3.8, 4) is 0 Å². The maximum absolute atomic E-state index is 5.69. The van der Waals surface area contributed by atoms with E-state index in [1.165, 1.54) is 25.8 Å². The fraction of sp³-hybridized carbons (Fsp3) is 1.00. The molecule has 1 unspecified atom stereocenters. The van der Waals surface area contributed by atoms with E-state index in [-0.39, 0.29) is 0 Å². The van der Waals surface area contributed by atoms with Crippen LogP contribution in [0.15, 0.2) is 0 Å². The van der Waals surface area contributed by atoms with Crippen molar-refractivity contribution >= 4 is 0 Å². The van der Waals surface area contributed by atoms with E-state index in [2.05, 4.69) is 4.90 Å². The largest absolute Gasteiger partial charge is 0.378 e. The minimum Gasteiger partial charge on any atom is -0.378 e. The second-order valence-corrected chi connectivity index (χ2v) is 4.23. The molecule has 1 saturated heterocycles. The van der Waals surface area contributed by atoms with Gasteiger partial charge in [-0.05, 0) is 18.9 Å². The average molecular weight is 184 g/mol. The summed E-state index contributed by atoms with van der Waals surface area (Å²) in [5.74, 6) is 1.03. The van der Waals surface area contributed by atoms with Crippen LogP contribution >= 0.6 is 0 Å². The Hall–Kier alpha value is -0.120. The highest BCUT2D eigenvalue weighted by molar-refractivity contribution is 4.79. The number of hydrogen-bond donors (Lipinski definition) is 1. The molecule has 0 spiro atoms. The van der Waals surface area contributed by atoms with Crippen molar-refractivity contribution in [1.29, 1.82) is 0 Å². The Balaban J connectivity index is 1.72. The molecule has 1 aliphatic heterocycles. The molecule has 1 atom stereocenters. The Morgan fingerprint density at radius 2 is 2.23 bits per heavy atom. The van der Waals surface area contributed by atoms with Crippen molar-refractivity contribution in [2.45, 2.75) is 25.3 Å². The van der Waals surface area contributed by atoms with Crippen LogP contribution in [0.1, 0.15) is 19.3 Å². The van der Waals surface area contributed by atoms with Gasteiger partial charge in [-0.1, -0.05) is 12.8 Å². The standard InChI is InChI=1S/C10H20N2O/c11-7-10-8-13-6-5-12(10)4-3-9-1-2-9/h9-10H,1-8,11H2. The van der Waals surface area contributed by atoms with E-state index in [1.807, 2.05) is 0 Å².